The first-order chi connectivity index (χ1) is 16.5. The molecule has 1 aliphatic rings. The van der Waals surface area contributed by atoms with Gasteiger partial charge in [-0.1, -0.05) is 11.6 Å². The van der Waals surface area contributed by atoms with Gasteiger partial charge in [0.15, 0.2) is 0 Å². The maximum Gasteiger partial charge on any atom is 0.229 e. The van der Waals surface area contributed by atoms with Crippen molar-refractivity contribution in [2.75, 3.05) is 48.4 Å². The Labute approximate surface area is 202 Å². The molecule has 3 heterocycles. The highest BCUT2D eigenvalue weighted by Crippen LogP contribution is 2.30. The number of nitrogens with zero attached hydrogens (tertiary/aromatic N) is 5. The number of benzene rings is 2. The molecule has 0 bridgehead atoms. The largest absolute Gasteiger partial charge is 0.508 e. The van der Waals surface area contributed by atoms with E-state index in [9.17, 15) is 5.11 Å². The molecule has 5 rings (SSSR count). The lowest BCUT2D eigenvalue weighted by Gasteiger charge is -2.37. The molecule has 0 unspecified atom stereocenters. The van der Waals surface area contributed by atoms with E-state index >= 15 is 0 Å². The van der Waals surface area contributed by atoms with Crippen LogP contribution in [0.25, 0.3) is 10.9 Å². The summed E-state index contributed by atoms with van der Waals surface area (Å²) in [5.41, 5.74) is 3.58. The van der Waals surface area contributed by atoms with E-state index in [0.717, 1.165) is 48.6 Å². The number of aromatic hydroxyl groups is 1. The molecule has 0 radical (unpaired) electrons. The maximum absolute atomic E-state index is 9.93. The van der Waals surface area contributed by atoms with Gasteiger partial charge in [0.25, 0.3) is 0 Å². The number of pyridine rings is 1. The number of anilines is 4. The third kappa shape index (κ3) is 4.63. The van der Waals surface area contributed by atoms with Gasteiger partial charge in [0, 0.05) is 84.1 Å². The molecule has 4 aromatic rings. The van der Waals surface area contributed by atoms with Crippen LogP contribution in [0, 0.1) is 6.92 Å². The van der Waals surface area contributed by atoms with Crippen LogP contribution in [0.2, 0.25) is 5.02 Å². The number of rotatable bonds is 5. The zero-order valence-electron chi connectivity index (χ0n) is 19.0. The summed E-state index contributed by atoms with van der Waals surface area (Å²) < 4.78 is 5.23. The summed E-state index contributed by atoms with van der Waals surface area (Å²) in [4.78, 5) is 18.3. The Morgan fingerprint density at radius 2 is 1.76 bits per heavy atom. The molecule has 1 aliphatic heterocycles. The van der Waals surface area contributed by atoms with Crippen molar-refractivity contribution in [3.05, 3.63) is 65.4 Å². The number of nitrogens with one attached hydrogen (secondary N) is 1. The topological polar surface area (TPSA) is 86.6 Å². The fraction of sp³-hybridized carbons (Fsp3) is 0.240. The van der Waals surface area contributed by atoms with Crippen LogP contribution in [-0.4, -0.2) is 53.3 Å². The molecule has 174 valence electrons. The average Bonchev–Trinajstić information content (AvgIpc) is 2.83. The van der Waals surface area contributed by atoms with Crippen LogP contribution >= 0.6 is 11.6 Å². The quantitative estimate of drug-likeness (QED) is 0.426. The van der Waals surface area contributed by atoms with Gasteiger partial charge in [0.1, 0.15) is 17.3 Å². The van der Waals surface area contributed by atoms with E-state index < -0.39 is 0 Å². The number of halogens is 1. The Morgan fingerprint density at radius 1 is 0.971 bits per heavy atom. The second-order valence-corrected chi connectivity index (χ2v) is 8.64. The first-order valence-corrected chi connectivity index (χ1v) is 11.4. The van der Waals surface area contributed by atoms with Crippen molar-refractivity contribution in [1.29, 1.82) is 0 Å². The number of phenolic OH excluding ortho intramolecular Hbond substituents is 1. The number of hydrogen-bond acceptors (Lipinski definition) is 8. The molecule has 0 spiro atoms. The van der Waals surface area contributed by atoms with Gasteiger partial charge in [-0.2, -0.15) is 4.98 Å². The van der Waals surface area contributed by atoms with E-state index in [1.54, 1.807) is 25.3 Å². The molecule has 1 fully saturated rings. The van der Waals surface area contributed by atoms with Gasteiger partial charge in [-0.3, -0.25) is 4.98 Å². The van der Waals surface area contributed by atoms with Crippen molar-refractivity contribution in [2.45, 2.75) is 6.92 Å². The SMILES string of the molecule is COc1cc(O)cc(Nc2nc(C)cc(N3CCN(c4ccnc5cc(Cl)ccc45)CC3)n2)c1. The number of aromatic nitrogens is 3. The standard InChI is InChI=1S/C25H25ClN6O2/c1-16-11-24(30-25(28-16)29-18-13-19(33)15-20(14-18)34-2)32-9-7-31(8-10-32)23-5-6-27-22-12-17(26)3-4-21(22)23/h3-6,11-15,33H,7-10H2,1-2H3,(H,28,29,30). The van der Waals surface area contributed by atoms with Crippen molar-refractivity contribution in [1.82, 2.24) is 15.0 Å². The highest BCUT2D eigenvalue weighted by molar-refractivity contribution is 6.31. The van der Waals surface area contributed by atoms with Gasteiger partial charge < -0.3 is 25.0 Å². The Bertz CT molecular complexity index is 1340. The zero-order valence-corrected chi connectivity index (χ0v) is 19.8. The van der Waals surface area contributed by atoms with Gasteiger partial charge in [0.2, 0.25) is 5.95 Å². The Kier molecular flexibility index (Phi) is 5.98. The van der Waals surface area contributed by atoms with Gasteiger partial charge >= 0.3 is 0 Å². The van der Waals surface area contributed by atoms with E-state index in [0.29, 0.717) is 22.4 Å². The highest BCUT2D eigenvalue weighted by Gasteiger charge is 2.21. The molecule has 2 aromatic heterocycles. The third-order valence-electron chi connectivity index (χ3n) is 5.85. The van der Waals surface area contributed by atoms with Crippen LogP contribution < -0.4 is 19.9 Å². The minimum Gasteiger partial charge on any atom is -0.508 e. The highest BCUT2D eigenvalue weighted by atomic mass is 35.5. The maximum atomic E-state index is 9.93. The molecule has 2 N–H and O–H groups in total. The van der Waals surface area contributed by atoms with E-state index in [1.165, 1.54) is 5.69 Å². The van der Waals surface area contributed by atoms with Crippen molar-refractivity contribution in [3.63, 3.8) is 0 Å². The zero-order chi connectivity index (χ0) is 23.7. The molecule has 0 aliphatic carbocycles. The lowest BCUT2D eigenvalue weighted by molar-refractivity contribution is 0.408. The summed E-state index contributed by atoms with van der Waals surface area (Å²) in [6.45, 7) is 5.32. The minimum absolute atomic E-state index is 0.108. The van der Waals surface area contributed by atoms with Crippen LogP contribution in [0.15, 0.2) is 54.7 Å². The smallest absolute Gasteiger partial charge is 0.229 e. The predicted molar refractivity (Wildman–Crippen MR) is 136 cm³/mol. The van der Waals surface area contributed by atoms with Crippen molar-refractivity contribution >= 4 is 45.6 Å². The first-order valence-electron chi connectivity index (χ1n) is 11.0. The summed E-state index contributed by atoms with van der Waals surface area (Å²) in [5, 5.41) is 14.9. The molecular weight excluding hydrogens is 452 g/mol. The molecular formula is C25H25ClN6O2. The Morgan fingerprint density at radius 3 is 2.56 bits per heavy atom. The molecule has 1 saturated heterocycles. The molecule has 0 saturated carbocycles. The van der Waals surface area contributed by atoms with E-state index in [4.69, 9.17) is 21.3 Å². The van der Waals surface area contributed by atoms with E-state index in [1.807, 2.05) is 37.4 Å². The van der Waals surface area contributed by atoms with E-state index in [-0.39, 0.29) is 5.75 Å². The van der Waals surface area contributed by atoms with Crippen LogP contribution in [0.4, 0.5) is 23.1 Å². The second kappa shape index (κ2) is 9.23. The van der Waals surface area contributed by atoms with Gasteiger partial charge in [-0.05, 0) is 31.2 Å². The first kappa shape index (κ1) is 22.0. The summed E-state index contributed by atoms with van der Waals surface area (Å²) in [6.07, 6.45) is 1.84. The van der Waals surface area contributed by atoms with E-state index in [2.05, 4.69) is 31.2 Å². The average molecular weight is 477 g/mol. The molecule has 0 atom stereocenters. The van der Waals surface area contributed by atoms with Crippen molar-refractivity contribution in [3.8, 4) is 11.5 Å². The van der Waals surface area contributed by atoms with Crippen LogP contribution in [0.3, 0.4) is 0 Å². The minimum atomic E-state index is 0.108. The Balaban J connectivity index is 1.33. The predicted octanol–water partition coefficient (Wildman–Crippen LogP) is 4.77. The fourth-order valence-corrected chi connectivity index (χ4v) is 4.40. The summed E-state index contributed by atoms with van der Waals surface area (Å²) in [6, 6.07) is 14.8. The second-order valence-electron chi connectivity index (χ2n) is 8.20. The number of ether oxygens (including phenoxy) is 1. The lowest BCUT2D eigenvalue weighted by atomic mass is 10.1. The molecule has 0 amide bonds. The van der Waals surface area contributed by atoms with Gasteiger partial charge in [-0.25, -0.2) is 4.98 Å². The monoisotopic (exact) mass is 476 g/mol. The van der Waals surface area contributed by atoms with Crippen LogP contribution in [-0.2, 0) is 0 Å². The van der Waals surface area contributed by atoms with Crippen LogP contribution in [0.1, 0.15) is 5.69 Å². The summed E-state index contributed by atoms with van der Waals surface area (Å²) in [5.74, 6) is 2.00. The Hall–Kier alpha value is -3.78. The van der Waals surface area contributed by atoms with Gasteiger partial charge in [-0.15, -0.1) is 0 Å². The fourth-order valence-electron chi connectivity index (χ4n) is 4.23. The number of aryl methyl sites for hydroxylation is 1. The molecule has 2 aromatic carbocycles. The number of methoxy groups -OCH3 is 1. The molecule has 8 nitrogen and oxygen atoms in total. The third-order valence-corrected chi connectivity index (χ3v) is 6.09. The van der Waals surface area contributed by atoms with Crippen LogP contribution in [0.5, 0.6) is 11.5 Å². The summed E-state index contributed by atoms with van der Waals surface area (Å²) in [7, 11) is 1.56. The number of fused-ring (bicyclic) bond motifs is 1. The van der Waals surface area contributed by atoms with Gasteiger partial charge in [0.05, 0.1) is 12.6 Å². The number of phenols is 1. The molecule has 34 heavy (non-hydrogen) atoms. The van der Waals surface area contributed by atoms with Crippen molar-refractivity contribution < 1.29 is 9.84 Å². The van der Waals surface area contributed by atoms with Crippen molar-refractivity contribution in [2.24, 2.45) is 0 Å². The number of piperazine rings is 1. The lowest BCUT2D eigenvalue weighted by Crippen LogP contribution is -2.47. The number of hydrogen-bond donors (Lipinski definition) is 2. The normalized spacial score (nSPS) is 13.9. The molecule has 9 heteroatoms. The summed E-state index contributed by atoms with van der Waals surface area (Å²) >= 11 is 6.15.